The van der Waals surface area contributed by atoms with Crippen molar-refractivity contribution in [2.75, 3.05) is 0 Å². The van der Waals surface area contributed by atoms with Crippen LogP contribution in [0, 0.1) is 0 Å². The molecule has 0 aliphatic carbocycles. The SMILES string of the molecule is C=CC(F)(F)c1[nH]ncc1C(=O)O. The number of H-pyrrole nitrogens is 1. The minimum Gasteiger partial charge on any atom is -0.478 e. The second-order valence-electron chi connectivity index (χ2n) is 2.29. The first-order chi connectivity index (χ1) is 5.99. The summed E-state index contributed by atoms with van der Waals surface area (Å²) in [5, 5.41) is 13.6. The van der Waals surface area contributed by atoms with E-state index in [1.165, 1.54) is 0 Å². The van der Waals surface area contributed by atoms with E-state index in [-0.39, 0.29) is 0 Å². The molecule has 0 unspecified atom stereocenters. The van der Waals surface area contributed by atoms with Crippen molar-refractivity contribution in [2.24, 2.45) is 0 Å². The molecule has 1 rings (SSSR count). The van der Waals surface area contributed by atoms with Gasteiger partial charge in [-0.15, -0.1) is 0 Å². The second-order valence-corrected chi connectivity index (χ2v) is 2.29. The summed E-state index contributed by atoms with van der Waals surface area (Å²) >= 11 is 0. The van der Waals surface area contributed by atoms with Gasteiger partial charge in [0.05, 0.1) is 6.20 Å². The van der Waals surface area contributed by atoms with Crippen LogP contribution in [0.4, 0.5) is 8.78 Å². The lowest BCUT2D eigenvalue weighted by Gasteiger charge is -2.08. The van der Waals surface area contributed by atoms with Gasteiger partial charge in [-0.1, -0.05) is 6.58 Å². The van der Waals surface area contributed by atoms with E-state index in [4.69, 9.17) is 5.11 Å². The van der Waals surface area contributed by atoms with Crippen LogP contribution in [0.1, 0.15) is 16.1 Å². The van der Waals surface area contributed by atoms with Gasteiger partial charge in [-0.25, -0.2) is 4.79 Å². The molecule has 1 aromatic rings. The van der Waals surface area contributed by atoms with E-state index in [1.807, 2.05) is 5.10 Å². The number of aromatic carboxylic acids is 1. The van der Waals surface area contributed by atoms with Crippen LogP contribution in [0.3, 0.4) is 0 Å². The maximum absolute atomic E-state index is 12.9. The minimum absolute atomic E-state index is 0.354. The standard InChI is InChI=1S/C7H6F2N2O2/c1-2-7(8,9)5-4(6(12)13)3-10-11-5/h2-3H,1H2,(H,10,11)(H,12,13). The van der Waals surface area contributed by atoms with Crippen LogP contribution in [0.25, 0.3) is 0 Å². The summed E-state index contributed by atoms with van der Waals surface area (Å²) in [5.41, 5.74) is -1.31. The fourth-order valence-electron chi connectivity index (χ4n) is 0.804. The van der Waals surface area contributed by atoms with E-state index < -0.39 is 23.1 Å². The number of hydrogen-bond acceptors (Lipinski definition) is 2. The van der Waals surface area contributed by atoms with Crippen LogP contribution in [0.2, 0.25) is 0 Å². The molecule has 0 aliphatic rings. The lowest BCUT2D eigenvalue weighted by molar-refractivity contribution is 0.0434. The van der Waals surface area contributed by atoms with Crippen molar-refractivity contribution in [3.63, 3.8) is 0 Å². The fraction of sp³-hybridized carbons (Fsp3) is 0.143. The summed E-state index contributed by atoms with van der Waals surface area (Å²) in [6.45, 7) is 2.90. The van der Waals surface area contributed by atoms with Gasteiger partial charge < -0.3 is 5.11 Å². The van der Waals surface area contributed by atoms with Gasteiger partial charge in [0.15, 0.2) is 0 Å². The number of rotatable bonds is 3. The normalized spacial score (nSPS) is 11.2. The summed E-state index contributed by atoms with van der Waals surface area (Å²) in [5.74, 6) is -4.85. The van der Waals surface area contributed by atoms with Crippen molar-refractivity contribution in [3.05, 3.63) is 30.1 Å². The Morgan fingerprint density at radius 3 is 2.85 bits per heavy atom. The zero-order chi connectivity index (χ0) is 10.1. The Kier molecular flexibility index (Phi) is 2.14. The van der Waals surface area contributed by atoms with Crippen LogP contribution in [-0.2, 0) is 5.92 Å². The molecule has 13 heavy (non-hydrogen) atoms. The molecule has 1 heterocycles. The summed E-state index contributed by atoms with van der Waals surface area (Å²) in [7, 11) is 0. The highest BCUT2D eigenvalue weighted by molar-refractivity contribution is 5.88. The Morgan fingerprint density at radius 1 is 1.77 bits per heavy atom. The van der Waals surface area contributed by atoms with Crippen LogP contribution in [-0.4, -0.2) is 21.3 Å². The molecule has 1 aromatic heterocycles. The molecule has 0 bridgehead atoms. The van der Waals surface area contributed by atoms with Gasteiger partial charge in [-0.05, 0) is 6.08 Å². The molecular formula is C7H6F2N2O2. The van der Waals surface area contributed by atoms with Gasteiger partial charge in [-0.2, -0.15) is 13.9 Å². The average Bonchev–Trinajstić information content (AvgIpc) is 2.52. The van der Waals surface area contributed by atoms with Crippen LogP contribution < -0.4 is 0 Å². The number of carbonyl (C=O) groups is 1. The highest BCUT2D eigenvalue weighted by Gasteiger charge is 2.34. The van der Waals surface area contributed by atoms with E-state index in [0.717, 1.165) is 6.20 Å². The number of nitrogens with zero attached hydrogens (tertiary/aromatic N) is 1. The zero-order valence-electron chi connectivity index (χ0n) is 6.42. The fourth-order valence-corrected chi connectivity index (χ4v) is 0.804. The third-order valence-electron chi connectivity index (χ3n) is 1.46. The maximum Gasteiger partial charge on any atom is 0.339 e. The summed E-state index contributed by atoms with van der Waals surface area (Å²) < 4.78 is 25.8. The van der Waals surface area contributed by atoms with Crippen molar-refractivity contribution in [1.29, 1.82) is 0 Å². The highest BCUT2D eigenvalue weighted by atomic mass is 19.3. The number of carboxylic acid groups (broad SMARTS) is 1. The number of hydrogen-bond donors (Lipinski definition) is 2. The molecule has 0 fully saturated rings. The molecule has 2 N–H and O–H groups in total. The molecule has 4 nitrogen and oxygen atoms in total. The third-order valence-corrected chi connectivity index (χ3v) is 1.46. The van der Waals surface area contributed by atoms with Gasteiger partial charge in [-0.3, -0.25) is 5.10 Å². The number of aromatic nitrogens is 2. The summed E-state index contributed by atoms with van der Waals surface area (Å²) in [6.07, 6.45) is 1.18. The number of allylic oxidation sites excluding steroid dienone is 1. The monoisotopic (exact) mass is 188 g/mol. The first kappa shape index (κ1) is 9.37. The van der Waals surface area contributed by atoms with Crippen molar-refractivity contribution in [3.8, 4) is 0 Å². The van der Waals surface area contributed by atoms with E-state index in [2.05, 4.69) is 11.7 Å². The molecule has 70 valence electrons. The van der Waals surface area contributed by atoms with Gasteiger partial charge in [0.1, 0.15) is 11.3 Å². The van der Waals surface area contributed by atoms with Gasteiger partial charge in [0, 0.05) is 0 Å². The van der Waals surface area contributed by atoms with Crippen molar-refractivity contribution < 1.29 is 18.7 Å². The Labute approximate surface area is 71.9 Å². The average molecular weight is 188 g/mol. The molecule has 0 atom stereocenters. The number of aromatic amines is 1. The van der Waals surface area contributed by atoms with Crippen LogP contribution in [0.5, 0.6) is 0 Å². The summed E-state index contributed by atoms with van der Waals surface area (Å²) in [6, 6.07) is 0. The highest BCUT2D eigenvalue weighted by Crippen LogP contribution is 2.29. The molecule has 6 heteroatoms. The topological polar surface area (TPSA) is 66.0 Å². The molecule has 0 saturated carbocycles. The number of nitrogens with one attached hydrogen (secondary N) is 1. The Balaban J connectivity index is 3.22. The number of carboxylic acids is 1. The third kappa shape index (κ3) is 1.56. The van der Waals surface area contributed by atoms with Gasteiger partial charge in [0.2, 0.25) is 0 Å². The predicted molar refractivity (Wildman–Crippen MR) is 39.6 cm³/mol. The number of halogens is 2. The predicted octanol–water partition coefficient (Wildman–Crippen LogP) is 1.39. The van der Waals surface area contributed by atoms with Gasteiger partial charge >= 0.3 is 11.9 Å². The lowest BCUT2D eigenvalue weighted by Crippen LogP contribution is -2.14. The smallest absolute Gasteiger partial charge is 0.339 e. The quantitative estimate of drug-likeness (QED) is 0.704. The zero-order valence-corrected chi connectivity index (χ0v) is 6.42. The van der Waals surface area contributed by atoms with Crippen molar-refractivity contribution in [2.45, 2.75) is 5.92 Å². The number of alkyl halides is 2. The molecule has 0 spiro atoms. The largest absolute Gasteiger partial charge is 0.478 e. The van der Waals surface area contributed by atoms with Gasteiger partial charge in [0.25, 0.3) is 0 Å². The van der Waals surface area contributed by atoms with Crippen molar-refractivity contribution >= 4 is 5.97 Å². The van der Waals surface area contributed by atoms with E-state index >= 15 is 0 Å². The molecule has 0 aliphatic heterocycles. The van der Waals surface area contributed by atoms with E-state index in [1.54, 1.807) is 0 Å². The van der Waals surface area contributed by atoms with Crippen LogP contribution >= 0.6 is 0 Å². The second kappa shape index (κ2) is 2.96. The van der Waals surface area contributed by atoms with E-state index in [0.29, 0.717) is 6.08 Å². The molecule has 0 radical (unpaired) electrons. The molecular weight excluding hydrogens is 182 g/mol. The molecule has 0 amide bonds. The summed E-state index contributed by atoms with van der Waals surface area (Å²) in [4.78, 5) is 10.4. The maximum atomic E-state index is 12.9. The minimum atomic E-state index is -3.40. The molecule has 0 aromatic carbocycles. The first-order valence-electron chi connectivity index (χ1n) is 3.27. The first-order valence-corrected chi connectivity index (χ1v) is 3.27. The van der Waals surface area contributed by atoms with E-state index in [9.17, 15) is 13.6 Å². The van der Waals surface area contributed by atoms with Crippen LogP contribution in [0.15, 0.2) is 18.9 Å². The Hall–Kier alpha value is -1.72. The van der Waals surface area contributed by atoms with Crippen molar-refractivity contribution in [1.82, 2.24) is 10.2 Å². The molecule has 0 saturated heterocycles. The Morgan fingerprint density at radius 2 is 2.38 bits per heavy atom. The lowest BCUT2D eigenvalue weighted by atomic mass is 10.1. The Bertz CT molecular complexity index is 346.